The largest absolute Gasteiger partial charge is 0.454 e. The molecule has 108 valence electrons. The van der Waals surface area contributed by atoms with Gasteiger partial charge in [-0.25, -0.2) is 4.98 Å². The number of nitrogens with zero attached hydrogens (tertiary/aromatic N) is 2. The van der Waals surface area contributed by atoms with Crippen LogP contribution in [0.15, 0.2) is 53.1 Å². The fourth-order valence-corrected chi connectivity index (χ4v) is 2.84. The Morgan fingerprint density at radius 1 is 1.14 bits per heavy atom. The highest BCUT2D eigenvalue weighted by Gasteiger charge is 2.17. The smallest absolute Gasteiger partial charge is 0.231 e. The van der Waals surface area contributed by atoms with Crippen LogP contribution in [0.3, 0.4) is 0 Å². The number of aromatic nitrogens is 2. The Bertz CT molecular complexity index is 1110. The maximum Gasteiger partial charge on any atom is 0.231 e. The zero-order valence-electron chi connectivity index (χ0n) is 15.4. The molecule has 3 nitrogen and oxygen atoms in total. The van der Waals surface area contributed by atoms with Crippen molar-refractivity contribution in [2.75, 3.05) is 0 Å². The van der Waals surface area contributed by atoms with Gasteiger partial charge in [0.05, 0.1) is 0 Å². The third kappa shape index (κ3) is 1.90. The number of pyridine rings is 2. The molecule has 0 aliphatic heterocycles. The third-order valence-corrected chi connectivity index (χ3v) is 3.92. The molecule has 0 bridgehead atoms. The fraction of sp³-hybridized carbons (Fsp3) is 0.158. The predicted molar refractivity (Wildman–Crippen MR) is 87.6 cm³/mol. The van der Waals surface area contributed by atoms with Crippen molar-refractivity contribution in [3.63, 3.8) is 0 Å². The first-order valence-corrected chi connectivity index (χ1v) is 7.14. The first-order valence-electron chi connectivity index (χ1n) is 8.64. The van der Waals surface area contributed by atoms with Gasteiger partial charge in [-0.15, -0.1) is 0 Å². The molecule has 0 fully saturated rings. The molecule has 4 aromatic rings. The van der Waals surface area contributed by atoms with Crippen LogP contribution in [0.5, 0.6) is 0 Å². The van der Waals surface area contributed by atoms with Crippen LogP contribution in [0.2, 0.25) is 0 Å². The summed E-state index contributed by atoms with van der Waals surface area (Å²) < 4.78 is 30.4. The van der Waals surface area contributed by atoms with Crippen LogP contribution in [0, 0.1) is 13.8 Å². The van der Waals surface area contributed by atoms with E-state index in [1.807, 2.05) is 54.9 Å². The minimum absolute atomic E-state index is 0.311. The molecule has 0 saturated carbocycles. The maximum atomic E-state index is 7.56. The summed E-state index contributed by atoms with van der Waals surface area (Å²) in [7, 11) is 1.84. The second kappa shape index (κ2) is 4.67. The van der Waals surface area contributed by atoms with Crippen molar-refractivity contribution in [3.8, 4) is 11.4 Å². The maximum absolute atomic E-state index is 7.56. The molecule has 22 heavy (non-hydrogen) atoms. The number of aryl methyl sites for hydroxylation is 3. The van der Waals surface area contributed by atoms with Crippen LogP contribution in [0.4, 0.5) is 0 Å². The quantitative estimate of drug-likeness (QED) is 0.495. The van der Waals surface area contributed by atoms with E-state index in [1.54, 1.807) is 12.3 Å². The average Bonchev–Trinajstić information content (AvgIpc) is 2.90. The van der Waals surface area contributed by atoms with Crippen LogP contribution in [0.25, 0.3) is 33.5 Å². The van der Waals surface area contributed by atoms with E-state index in [9.17, 15) is 0 Å². The molecule has 4 rings (SSSR count). The van der Waals surface area contributed by atoms with Gasteiger partial charge in [0.15, 0.2) is 11.8 Å². The first kappa shape index (κ1) is 10.1. The van der Waals surface area contributed by atoms with E-state index in [0.29, 0.717) is 5.56 Å². The molecule has 3 aromatic heterocycles. The molecule has 0 atom stereocenters. The molecule has 0 amide bonds. The van der Waals surface area contributed by atoms with E-state index in [2.05, 4.69) is 0 Å². The number of para-hydroxylation sites is 1. The van der Waals surface area contributed by atoms with Gasteiger partial charge < -0.3 is 4.42 Å². The highest BCUT2D eigenvalue weighted by Crippen LogP contribution is 2.30. The van der Waals surface area contributed by atoms with Gasteiger partial charge in [-0.05, 0) is 43.6 Å². The summed E-state index contributed by atoms with van der Waals surface area (Å²) >= 11 is 0. The highest BCUT2D eigenvalue weighted by molar-refractivity contribution is 6.03. The standard InChI is InChI=1S/C19H17N2O/c1-12-8-9-15(21(3)11-12)18-13(2)10-17-19(20-18)14-6-4-5-7-16(14)22-17/h4-11H,1-3H3/q+1/i1D3. The van der Waals surface area contributed by atoms with Crippen molar-refractivity contribution < 1.29 is 13.1 Å². The summed E-state index contributed by atoms with van der Waals surface area (Å²) in [6, 6.07) is 13.2. The summed E-state index contributed by atoms with van der Waals surface area (Å²) in [5, 5.41) is 0.973. The van der Waals surface area contributed by atoms with Gasteiger partial charge >= 0.3 is 0 Å². The zero-order valence-corrected chi connectivity index (χ0v) is 12.4. The van der Waals surface area contributed by atoms with Crippen LogP contribution in [0.1, 0.15) is 15.2 Å². The third-order valence-electron chi connectivity index (χ3n) is 3.92. The molecular formula is C19H17N2O+. The van der Waals surface area contributed by atoms with E-state index < -0.39 is 6.85 Å². The topological polar surface area (TPSA) is 29.9 Å². The second-order valence-corrected chi connectivity index (χ2v) is 5.51. The Kier molecular flexibility index (Phi) is 2.15. The molecule has 0 spiro atoms. The summed E-state index contributed by atoms with van der Waals surface area (Å²) in [5.41, 5.74) is 5.34. The number of hydrogen-bond donors (Lipinski definition) is 0. The van der Waals surface area contributed by atoms with E-state index in [4.69, 9.17) is 13.5 Å². The lowest BCUT2D eigenvalue weighted by molar-refractivity contribution is -0.660. The minimum atomic E-state index is -2.12. The molecular weight excluding hydrogens is 272 g/mol. The Hall–Kier alpha value is -2.68. The molecule has 0 N–H and O–H groups in total. The number of benzene rings is 1. The lowest BCUT2D eigenvalue weighted by atomic mass is 10.1. The van der Waals surface area contributed by atoms with Gasteiger partial charge in [-0.3, -0.25) is 0 Å². The van der Waals surface area contributed by atoms with Gasteiger partial charge in [0.25, 0.3) is 0 Å². The average molecular weight is 292 g/mol. The van der Waals surface area contributed by atoms with Gasteiger partial charge in [-0.1, -0.05) is 12.1 Å². The number of fused-ring (bicyclic) bond motifs is 3. The van der Waals surface area contributed by atoms with Gasteiger partial charge in [0.1, 0.15) is 23.8 Å². The lowest BCUT2D eigenvalue weighted by Crippen LogP contribution is -2.31. The molecule has 0 saturated heterocycles. The zero-order chi connectivity index (χ0) is 17.8. The fourth-order valence-electron chi connectivity index (χ4n) is 2.84. The van der Waals surface area contributed by atoms with Crippen molar-refractivity contribution in [1.29, 1.82) is 0 Å². The summed E-state index contributed by atoms with van der Waals surface area (Å²) in [4.78, 5) is 4.83. The van der Waals surface area contributed by atoms with E-state index in [1.165, 1.54) is 0 Å². The number of hydrogen-bond acceptors (Lipinski definition) is 2. The Morgan fingerprint density at radius 2 is 2.00 bits per heavy atom. The van der Waals surface area contributed by atoms with Crippen molar-refractivity contribution in [2.24, 2.45) is 7.05 Å². The van der Waals surface area contributed by atoms with E-state index >= 15 is 0 Å². The minimum Gasteiger partial charge on any atom is -0.454 e. The van der Waals surface area contributed by atoms with E-state index in [-0.39, 0.29) is 0 Å². The molecule has 3 heteroatoms. The monoisotopic (exact) mass is 292 g/mol. The predicted octanol–water partition coefficient (Wildman–Crippen LogP) is 4.09. The Balaban J connectivity index is 1.94. The number of furan rings is 1. The molecule has 1 aromatic carbocycles. The van der Waals surface area contributed by atoms with Crippen molar-refractivity contribution in [1.82, 2.24) is 4.98 Å². The Morgan fingerprint density at radius 3 is 2.82 bits per heavy atom. The van der Waals surface area contributed by atoms with Crippen molar-refractivity contribution in [3.05, 3.63) is 59.8 Å². The summed E-state index contributed by atoms with van der Waals surface area (Å²) in [5.74, 6) is 0. The molecule has 0 aliphatic rings. The van der Waals surface area contributed by atoms with Gasteiger partial charge in [0, 0.05) is 21.1 Å². The lowest BCUT2D eigenvalue weighted by Gasteiger charge is -2.04. The van der Waals surface area contributed by atoms with Crippen LogP contribution >= 0.6 is 0 Å². The molecule has 0 unspecified atom stereocenters. The molecule has 0 radical (unpaired) electrons. The normalized spacial score (nSPS) is 14.0. The first-order chi connectivity index (χ1) is 11.8. The summed E-state index contributed by atoms with van der Waals surface area (Å²) in [6.07, 6.45) is 1.64. The second-order valence-electron chi connectivity index (χ2n) is 5.51. The SMILES string of the molecule is [2H]C([2H])([2H])c1ccc(-c2nc3c(cc2C)oc2ccccc23)[n+](C)c1. The van der Waals surface area contributed by atoms with Crippen molar-refractivity contribution in [2.45, 2.75) is 13.8 Å². The summed E-state index contributed by atoms with van der Waals surface area (Å²) in [6.45, 7) is -0.143. The van der Waals surface area contributed by atoms with Gasteiger partial charge in [-0.2, -0.15) is 4.57 Å². The van der Waals surface area contributed by atoms with Crippen molar-refractivity contribution >= 4 is 22.1 Å². The molecule has 0 aliphatic carbocycles. The van der Waals surface area contributed by atoms with Crippen LogP contribution < -0.4 is 4.57 Å². The Labute approximate surface area is 133 Å². The van der Waals surface area contributed by atoms with Gasteiger partial charge in [0.2, 0.25) is 5.69 Å². The highest BCUT2D eigenvalue weighted by atomic mass is 16.3. The van der Waals surface area contributed by atoms with Crippen LogP contribution in [-0.4, -0.2) is 4.98 Å². The van der Waals surface area contributed by atoms with Crippen LogP contribution in [-0.2, 0) is 7.05 Å². The number of rotatable bonds is 1. The van der Waals surface area contributed by atoms with E-state index in [0.717, 1.165) is 39.0 Å². The molecule has 3 heterocycles.